The molecular weight excluding hydrogens is 280 g/mol. The van der Waals surface area contributed by atoms with Crippen molar-refractivity contribution in [2.24, 2.45) is 12.8 Å². The van der Waals surface area contributed by atoms with Crippen LogP contribution in [0.15, 0.2) is 18.2 Å². The number of benzene rings is 1. The first-order valence-corrected chi connectivity index (χ1v) is 7.49. The summed E-state index contributed by atoms with van der Waals surface area (Å²) in [5.41, 5.74) is 9.45. The molecule has 1 aromatic heterocycles. The fraction of sp³-hybridized carbons (Fsp3) is 0.375. The van der Waals surface area contributed by atoms with Crippen LogP contribution < -0.4 is 15.8 Å². The van der Waals surface area contributed by atoms with E-state index >= 15 is 0 Å². The standard InChI is InChI=1S/C16H20N4O2/c1-3-5-11-13(14(16(17)21)20(2)19-11)18-12-7-4-6-10-8-9-22-15(10)12/h4,6-7,18H,3,5,8-9H2,1-2H3,(H2,17,21). The van der Waals surface area contributed by atoms with Gasteiger partial charge in [0.05, 0.1) is 23.7 Å². The fourth-order valence-corrected chi connectivity index (χ4v) is 2.85. The third-order valence-electron chi connectivity index (χ3n) is 3.81. The van der Waals surface area contributed by atoms with Gasteiger partial charge in [-0.15, -0.1) is 0 Å². The number of primary amides is 1. The van der Waals surface area contributed by atoms with Gasteiger partial charge >= 0.3 is 0 Å². The van der Waals surface area contributed by atoms with Crippen LogP contribution in [0.2, 0.25) is 0 Å². The zero-order valence-corrected chi connectivity index (χ0v) is 12.8. The molecule has 0 atom stereocenters. The van der Waals surface area contributed by atoms with Gasteiger partial charge in [0.25, 0.3) is 5.91 Å². The van der Waals surface area contributed by atoms with Gasteiger partial charge in [-0.1, -0.05) is 25.5 Å². The Bertz CT molecular complexity index is 721. The molecule has 1 aliphatic rings. The summed E-state index contributed by atoms with van der Waals surface area (Å²) < 4.78 is 7.24. The summed E-state index contributed by atoms with van der Waals surface area (Å²) in [6.45, 7) is 2.76. The SMILES string of the molecule is CCCc1nn(C)c(C(N)=O)c1Nc1cccc2c1OCC2. The van der Waals surface area contributed by atoms with Crippen molar-refractivity contribution in [1.29, 1.82) is 0 Å². The van der Waals surface area contributed by atoms with Crippen molar-refractivity contribution < 1.29 is 9.53 Å². The van der Waals surface area contributed by atoms with Gasteiger partial charge in [0.1, 0.15) is 11.4 Å². The second kappa shape index (κ2) is 5.71. The zero-order valence-electron chi connectivity index (χ0n) is 12.8. The van der Waals surface area contributed by atoms with Gasteiger partial charge in [-0.2, -0.15) is 5.10 Å². The Morgan fingerprint density at radius 2 is 2.32 bits per heavy atom. The Balaban J connectivity index is 2.05. The number of fused-ring (bicyclic) bond motifs is 1. The summed E-state index contributed by atoms with van der Waals surface area (Å²) in [5.74, 6) is 0.359. The molecule has 0 aliphatic carbocycles. The summed E-state index contributed by atoms with van der Waals surface area (Å²) in [4.78, 5) is 11.8. The van der Waals surface area contributed by atoms with E-state index in [2.05, 4.69) is 23.4 Å². The van der Waals surface area contributed by atoms with Crippen LogP contribution in [0.1, 0.15) is 35.1 Å². The Labute approximate surface area is 129 Å². The van der Waals surface area contributed by atoms with Crippen molar-refractivity contribution in [1.82, 2.24) is 9.78 Å². The number of carbonyl (C=O) groups excluding carboxylic acids is 1. The molecule has 22 heavy (non-hydrogen) atoms. The molecule has 0 radical (unpaired) electrons. The molecule has 1 amide bonds. The summed E-state index contributed by atoms with van der Waals surface area (Å²) in [6.07, 6.45) is 2.62. The lowest BCUT2D eigenvalue weighted by molar-refractivity contribution is 0.0992. The van der Waals surface area contributed by atoms with Crippen LogP contribution in [-0.4, -0.2) is 22.3 Å². The Hall–Kier alpha value is -2.50. The Morgan fingerprint density at radius 1 is 1.50 bits per heavy atom. The zero-order chi connectivity index (χ0) is 15.7. The molecule has 2 heterocycles. The molecule has 2 aromatic rings. The number of nitrogens with one attached hydrogen (secondary N) is 1. The molecule has 116 valence electrons. The average Bonchev–Trinajstić information content (AvgIpc) is 3.05. The van der Waals surface area contributed by atoms with Crippen LogP contribution in [0.5, 0.6) is 5.75 Å². The fourth-order valence-electron chi connectivity index (χ4n) is 2.85. The molecule has 0 saturated carbocycles. The molecule has 0 unspecified atom stereocenters. The summed E-state index contributed by atoms with van der Waals surface area (Å²) >= 11 is 0. The summed E-state index contributed by atoms with van der Waals surface area (Å²) in [5, 5.41) is 7.74. The van der Waals surface area contributed by atoms with E-state index in [4.69, 9.17) is 10.5 Å². The molecule has 3 rings (SSSR count). The maximum Gasteiger partial charge on any atom is 0.269 e. The van der Waals surface area contributed by atoms with Crippen molar-refractivity contribution in [3.63, 3.8) is 0 Å². The lowest BCUT2D eigenvalue weighted by atomic mass is 10.1. The van der Waals surface area contributed by atoms with Crippen molar-refractivity contribution in [2.45, 2.75) is 26.2 Å². The topological polar surface area (TPSA) is 82.2 Å². The van der Waals surface area contributed by atoms with E-state index < -0.39 is 5.91 Å². The van der Waals surface area contributed by atoms with Gasteiger partial charge in [0.15, 0.2) is 0 Å². The van der Waals surface area contributed by atoms with Crippen LogP contribution in [0.4, 0.5) is 11.4 Å². The van der Waals surface area contributed by atoms with Crippen molar-refractivity contribution >= 4 is 17.3 Å². The van der Waals surface area contributed by atoms with Gasteiger partial charge in [-0.05, 0) is 18.1 Å². The number of aromatic nitrogens is 2. The molecule has 0 fully saturated rings. The number of aryl methyl sites for hydroxylation is 2. The van der Waals surface area contributed by atoms with Gasteiger partial charge in [-0.3, -0.25) is 9.48 Å². The highest BCUT2D eigenvalue weighted by atomic mass is 16.5. The Morgan fingerprint density at radius 3 is 3.05 bits per heavy atom. The van der Waals surface area contributed by atoms with Gasteiger partial charge in [-0.25, -0.2) is 0 Å². The molecule has 3 N–H and O–H groups in total. The first-order valence-electron chi connectivity index (χ1n) is 7.49. The number of rotatable bonds is 5. The molecule has 6 nitrogen and oxygen atoms in total. The largest absolute Gasteiger partial charge is 0.491 e. The number of anilines is 2. The van der Waals surface area contributed by atoms with Crippen molar-refractivity contribution in [2.75, 3.05) is 11.9 Å². The predicted octanol–water partition coefficient (Wildman–Crippen LogP) is 2.15. The van der Waals surface area contributed by atoms with E-state index in [0.717, 1.165) is 36.4 Å². The summed E-state index contributed by atoms with van der Waals surface area (Å²) in [6, 6.07) is 5.98. The summed E-state index contributed by atoms with van der Waals surface area (Å²) in [7, 11) is 1.73. The number of ether oxygens (including phenoxy) is 1. The van der Waals surface area contributed by atoms with E-state index in [-0.39, 0.29) is 0 Å². The second-order valence-electron chi connectivity index (χ2n) is 5.43. The van der Waals surface area contributed by atoms with Gasteiger partial charge in [0.2, 0.25) is 0 Å². The average molecular weight is 300 g/mol. The first kappa shape index (κ1) is 14.4. The molecule has 0 spiro atoms. The second-order valence-corrected chi connectivity index (χ2v) is 5.43. The minimum absolute atomic E-state index is 0.388. The van der Waals surface area contributed by atoms with Crippen LogP contribution >= 0.6 is 0 Å². The highest BCUT2D eigenvalue weighted by Gasteiger charge is 2.22. The highest BCUT2D eigenvalue weighted by Crippen LogP contribution is 2.37. The Kier molecular flexibility index (Phi) is 3.75. The van der Waals surface area contributed by atoms with Crippen LogP contribution in [-0.2, 0) is 19.9 Å². The smallest absolute Gasteiger partial charge is 0.269 e. The molecular formula is C16H20N4O2. The van der Waals surface area contributed by atoms with Crippen LogP contribution in [0.3, 0.4) is 0 Å². The lowest BCUT2D eigenvalue weighted by Crippen LogP contribution is -2.17. The van der Waals surface area contributed by atoms with Crippen molar-refractivity contribution in [3.05, 3.63) is 35.2 Å². The monoisotopic (exact) mass is 300 g/mol. The van der Waals surface area contributed by atoms with E-state index in [9.17, 15) is 4.79 Å². The maximum absolute atomic E-state index is 11.8. The van der Waals surface area contributed by atoms with Gasteiger partial charge in [0, 0.05) is 13.5 Å². The minimum Gasteiger partial charge on any atom is -0.491 e. The quantitative estimate of drug-likeness (QED) is 0.886. The highest BCUT2D eigenvalue weighted by molar-refractivity contribution is 5.98. The minimum atomic E-state index is -0.492. The van der Waals surface area contributed by atoms with E-state index in [1.54, 1.807) is 11.7 Å². The van der Waals surface area contributed by atoms with Gasteiger partial charge < -0.3 is 15.8 Å². The third kappa shape index (κ3) is 2.41. The molecule has 0 bridgehead atoms. The normalized spacial score (nSPS) is 12.8. The van der Waals surface area contributed by atoms with Crippen LogP contribution in [0.25, 0.3) is 0 Å². The number of para-hydroxylation sites is 1. The number of carbonyl (C=O) groups is 1. The molecule has 1 aromatic carbocycles. The van der Waals surface area contributed by atoms with E-state index in [1.165, 1.54) is 5.56 Å². The molecule has 6 heteroatoms. The first-order chi connectivity index (χ1) is 10.6. The number of hydrogen-bond donors (Lipinski definition) is 2. The number of nitrogens with two attached hydrogens (primary N) is 1. The number of hydrogen-bond acceptors (Lipinski definition) is 4. The third-order valence-corrected chi connectivity index (χ3v) is 3.81. The van der Waals surface area contributed by atoms with E-state index in [0.29, 0.717) is 18.0 Å². The van der Waals surface area contributed by atoms with Crippen molar-refractivity contribution in [3.8, 4) is 5.75 Å². The number of nitrogens with zero attached hydrogens (tertiary/aromatic N) is 2. The van der Waals surface area contributed by atoms with Crippen LogP contribution in [0, 0.1) is 0 Å². The molecule has 0 saturated heterocycles. The predicted molar refractivity (Wildman–Crippen MR) is 84.6 cm³/mol. The lowest BCUT2D eigenvalue weighted by Gasteiger charge is -2.12. The molecule has 1 aliphatic heterocycles. The number of amides is 1. The van der Waals surface area contributed by atoms with E-state index in [1.807, 2.05) is 12.1 Å². The maximum atomic E-state index is 11.8.